The van der Waals surface area contributed by atoms with Crippen LogP contribution in [0, 0.1) is 11.6 Å². The molecule has 0 radical (unpaired) electrons. The van der Waals surface area contributed by atoms with Crippen LogP contribution in [0.5, 0.6) is 5.88 Å². The molecule has 0 saturated carbocycles. The molecule has 23 heavy (non-hydrogen) atoms. The maximum Gasteiger partial charge on any atom is 0.218 e. The number of anilines is 1. The number of β-amino-alcohol motifs (C(OH)–C–C–N with tert-alkyl or cyclic N) is 1. The lowest BCUT2D eigenvalue weighted by molar-refractivity contribution is 0.194. The molecule has 1 N–H and O–H groups in total. The molecular weight excluding hydrogens is 304 g/mol. The fourth-order valence-electron chi connectivity index (χ4n) is 2.85. The van der Waals surface area contributed by atoms with Crippen molar-refractivity contribution in [3.63, 3.8) is 0 Å². The summed E-state index contributed by atoms with van der Waals surface area (Å²) in [7, 11) is 0. The minimum atomic E-state index is -0.645. The highest BCUT2D eigenvalue weighted by Crippen LogP contribution is 2.37. The SMILES string of the molecule is CCOc1cc(N2CC(O)CC2c2cc(F)ccc2F)ncn1. The van der Waals surface area contributed by atoms with Crippen molar-refractivity contribution in [2.24, 2.45) is 0 Å². The Hall–Kier alpha value is -2.28. The third-order valence-corrected chi connectivity index (χ3v) is 3.81. The van der Waals surface area contributed by atoms with E-state index >= 15 is 0 Å². The number of aromatic nitrogens is 2. The molecule has 2 atom stereocenters. The first kappa shape index (κ1) is 15.6. The zero-order chi connectivity index (χ0) is 16.4. The molecule has 0 aliphatic carbocycles. The molecule has 122 valence electrons. The average molecular weight is 321 g/mol. The minimum Gasteiger partial charge on any atom is -0.478 e. The van der Waals surface area contributed by atoms with E-state index in [1.807, 2.05) is 6.92 Å². The van der Waals surface area contributed by atoms with Gasteiger partial charge in [-0.05, 0) is 31.5 Å². The lowest BCUT2D eigenvalue weighted by Gasteiger charge is -2.26. The van der Waals surface area contributed by atoms with Gasteiger partial charge >= 0.3 is 0 Å². The first-order valence-corrected chi connectivity index (χ1v) is 7.43. The standard InChI is InChI=1S/C16H17F2N3O2/c1-2-23-16-7-15(19-9-20-16)21-8-11(22)6-14(21)12-5-10(17)3-4-13(12)18/h3-5,7,9,11,14,22H,2,6,8H2,1H3. The quantitative estimate of drug-likeness (QED) is 0.937. The van der Waals surface area contributed by atoms with E-state index in [0.717, 1.165) is 18.2 Å². The number of hydrogen-bond donors (Lipinski definition) is 1. The third kappa shape index (κ3) is 3.24. The Kier molecular flexibility index (Phi) is 4.38. The zero-order valence-electron chi connectivity index (χ0n) is 12.6. The van der Waals surface area contributed by atoms with Crippen molar-refractivity contribution in [3.05, 3.63) is 47.8 Å². The highest BCUT2D eigenvalue weighted by Gasteiger charge is 2.35. The summed E-state index contributed by atoms with van der Waals surface area (Å²) in [5, 5.41) is 9.99. The maximum atomic E-state index is 14.1. The van der Waals surface area contributed by atoms with Gasteiger partial charge in [0.1, 0.15) is 23.8 Å². The Morgan fingerprint density at radius 3 is 2.91 bits per heavy atom. The molecule has 1 aromatic carbocycles. The van der Waals surface area contributed by atoms with Crippen molar-refractivity contribution < 1.29 is 18.6 Å². The monoisotopic (exact) mass is 321 g/mol. The second-order valence-electron chi connectivity index (χ2n) is 5.37. The normalized spacial score (nSPS) is 20.8. The van der Waals surface area contributed by atoms with Gasteiger partial charge in [-0.25, -0.2) is 18.7 Å². The molecule has 7 heteroatoms. The Bertz CT molecular complexity index is 699. The number of hydrogen-bond acceptors (Lipinski definition) is 5. The van der Waals surface area contributed by atoms with Gasteiger partial charge in [0.05, 0.1) is 18.8 Å². The Labute approximate surface area is 132 Å². The number of halogens is 2. The zero-order valence-corrected chi connectivity index (χ0v) is 12.6. The molecular formula is C16H17F2N3O2. The van der Waals surface area contributed by atoms with Gasteiger partial charge in [0, 0.05) is 18.2 Å². The fourth-order valence-corrected chi connectivity index (χ4v) is 2.85. The van der Waals surface area contributed by atoms with Crippen LogP contribution in [0.3, 0.4) is 0 Å². The summed E-state index contributed by atoms with van der Waals surface area (Å²) in [6.07, 6.45) is 1.01. The van der Waals surface area contributed by atoms with Gasteiger partial charge in [-0.3, -0.25) is 0 Å². The number of ether oxygens (including phenoxy) is 1. The van der Waals surface area contributed by atoms with Crippen molar-refractivity contribution in [1.82, 2.24) is 9.97 Å². The lowest BCUT2D eigenvalue weighted by atomic mass is 10.0. The summed E-state index contributed by atoms with van der Waals surface area (Å²) >= 11 is 0. The third-order valence-electron chi connectivity index (χ3n) is 3.81. The van der Waals surface area contributed by atoms with Gasteiger partial charge in [-0.15, -0.1) is 0 Å². The summed E-state index contributed by atoms with van der Waals surface area (Å²) in [6.45, 7) is 2.58. The van der Waals surface area contributed by atoms with E-state index in [4.69, 9.17) is 4.74 Å². The van der Waals surface area contributed by atoms with E-state index in [0.29, 0.717) is 24.7 Å². The predicted molar refractivity (Wildman–Crippen MR) is 80.3 cm³/mol. The average Bonchev–Trinajstić information content (AvgIpc) is 2.92. The number of rotatable bonds is 4. The van der Waals surface area contributed by atoms with Crippen LogP contribution in [0.15, 0.2) is 30.6 Å². The highest BCUT2D eigenvalue weighted by atomic mass is 19.1. The molecule has 3 rings (SSSR count). The lowest BCUT2D eigenvalue weighted by Crippen LogP contribution is -2.26. The summed E-state index contributed by atoms with van der Waals surface area (Å²) in [4.78, 5) is 9.91. The Balaban J connectivity index is 1.96. The van der Waals surface area contributed by atoms with Crippen molar-refractivity contribution in [2.75, 3.05) is 18.1 Å². The first-order valence-electron chi connectivity index (χ1n) is 7.43. The van der Waals surface area contributed by atoms with Crippen LogP contribution in [-0.2, 0) is 0 Å². The van der Waals surface area contributed by atoms with Gasteiger partial charge in [-0.1, -0.05) is 0 Å². The van der Waals surface area contributed by atoms with E-state index in [2.05, 4.69) is 9.97 Å². The smallest absolute Gasteiger partial charge is 0.218 e. The minimum absolute atomic E-state index is 0.207. The van der Waals surface area contributed by atoms with Gasteiger partial charge in [0.2, 0.25) is 5.88 Å². The fraction of sp³-hybridized carbons (Fsp3) is 0.375. The second-order valence-corrected chi connectivity index (χ2v) is 5.37. The van der Waals surface area contributed by atoms with Crippen molar-refractivity contribution in [1.29, 1.82) is 0 Å². The van der Waals surface area contributed by atoms with Crippen molar-refractivity contribution in [3.8, 4) is 5.88 Å². The molecule has 1 aliphatic heterocycles. The van der Waals surface area contributed by atoms with Gasteiger partial charge < -0.3 is 14.7 Å². The molecule has 0 bridgehead atoms. The van der Waals surface area contributed by atoms with E-state index < -0.39 is 23.8 Å². The van der Waals surface area contributed by atoms with E-state index in [1.165, 1.54) is 6.33 Å². The van der Waals surface area contributed by atoms with E-state index in [1.54, 1.807) is 11.0 Å². The van der Waals surface area contributed by atoms with Crippen LogP contribution in [0.4, 0.5) is 14.6 Å². The molecule has 1 saturated heterocycles. The van der Waals surface area contributed by atoms with Gasteiger partial charge in [0.25, 0.3) is 0 Å². The number of aliphatic hydroxyl groups is 1. The molecule has 5 nitrogen and oxygen atoms in total. The Morgan fingerprint density at radius 2 is 2.13 bits per heavy atom. The molecule has 0 spiro atoms. The van der Waals surface area contributed by atoms with E-state index in [9.17, 15) is 13.9 Å². The molecule has 2 unspecified atom stereocenters. The molecule has 0 amide bonds. The summed E-state index contributed by atoms with van der Waals surface area (Å²) < 4.78 is 32.9. The van der Waals surface area contributed by atoms with Crippen LogP contribution < -0.4 is 9.64 Å². The maximum absolute atomic E-state index is 14.1. The number of nitrogens with zero attached hydrogens (tertiary/aromatic N) is 3. The molecule has 2 aromatic rings. The summed E-state index contributed by atoms with van der Waals surface area (Å²) in [6, 6.07) is 4.47. The van der Waals surface area contributed by atoms with Gasteiger partial charge in [-0.2, -0.15) is 0 Å². The summed E-state index contributed by atoms with van der Waals surface area (Å²) in [5.74, 6) is -0.110. The van der Waals surface area contributed by atoms with Gasteiger partial charge in [0.15, 0.2) is 0 Å². The molecule has 2 heterocycles. The van der Waals surface area contributed by atoms with Crippen LogP contribution >= 0.6 is 0 Å². The highest BCUT2D eigenvalue weighted by molar-refractivity contribution is 5.46. The molecule has 1 aliphatic rings. The van der Waals surface area contributed by atoms with Crippen LogP contribution in [0.2, 0.25) is 0 Å². The molecule has 1 fully saturated rings. The predicted octanol–water partition coefficient (Wildman–Crippen LogP) is 2.47. The largest absolute Gasteiger partial charge is 0.478 e. The number of benzene rings is 1. The second kappa shape index (κ2) is 6.45. The first-order chi connectivity index (χ1) is 11.1. The topological polar surface area (TPSA) is 58.5 Å². The van der Waals surface area contributed by atoms with Crippen LogP contribution in [0.25, 0.3) is 0 Å². The van der Waals surface area contributed by atoms with E-state index in [-0.39, 0.29) is 12.1 Å². The van der Waals surface area contributed by atoms with Crippen LogP contribution in [0.1, 0.15) is 24.9 Å². The van der Waals surface area contributed by atoms with Crippen molar-refractivity contribution in [2.45, 2.75) is 25.5 Å². The summed E-state index contributed by atoms with van der Waals surface area (Å²) in [5.41, 5.74) is 0.207. The molecule has 1 aromatic heterocycles. The van der Waals surface area contributed by atoms with Crippen LogP contribution in [-0.4, -0.2) is 34.3 Å². The Morgan fingerprint density at radius 1 is 1.30 bits per heavy atom. The van der Waals surface area contributed by atoms with Crippen molar-refractivity contribution >= 4 is 5.82 Å². The number of aliphatic hydroxyl groups excluding tert-OH is 1.